The van der Waals surface area contributed by atoms with E-state index < -0.39 is 10.2 Å². The minimum absolute atomic E-state index is 0.307. The molecule has 8 nitrogen and oxygen atoms in total. The van der Waals surface area contributed by atoms with Gasteiger partial charge in [-0.25, -0.2) is 9.97 Å². The van der Waals surface area contributed by atoms with Crippen LogP contribution in [0.1, 0.15) is 37.4 Å². The molecule has 9 heteroatoms. The van der Waals surface area contributed by atoms with Crippen LogP contribution in [0.15, 0.2) is 30.5 Å². The Morgan fingerprint density at radius 2 is 1.90 bits per heavy atom. The largest absolute Gasteiger partial charge is 0.497 e. The van der Waals surface area contributed by atoms with E-state index >= 15 is 0 Å². The lowest BCUT2D eigenvalue weighted by Gasteiger charge is -2.29. The van der Waals surface area contributed by atoms with Crippen LogP contribution in [0.2, 0.25) is 0 Å². The van der Waals surface area contributed by atoms with Gasteiger partial charge in [0.15, 0.2) is 0 Å². The molecule has 30 heavy (non-hydrogen) atoms. The van der Waals surface area contributed by atoms with Crippen LogP contribution < -0.4 is 9.64 Å². The zero-order valence-electron chi connectivity index (χ0n) is 17.8. The molecule has 0 unspecified atom stereocenters. The number of rotatable bonds is 6. The average molecular weight is 432 g/mol. The number of aromatic nitrogens is 2. The van der Waals surface area contributed by atoms with Gasteiger partial charge in [0.1, 0.15) is 5.75 Å². The molecule has 4 rings (SSSR count). The van der Waals surface area contributed by atoms with Crippen molar-refractivity contribution in [2.24, 2.45) is 0 Å². The van der Waals surface area contributed by atoms with Crippen LogP contribution >= 0.6 is 0 Å². The fraction of sp³-hybridized carbons (Fsp3) is 0.524. The number of methoxy groups -OCH3 is 1. The van der Waals surface area contributed by atoms with E-state index in [1.165, 1.54) is 0 Å². The maximum Gasteiger partial charge on any atom is 0.282 e. The molecule has 0 amide bonds. The lowest BCUT2D eigenvalue weighted by Crippen LogP contribution is -2.42. The summed E-state index contributed by atoms with van der Waals surface area (Å²) >= 11 is 0. The summed E-state index contributed by atoms with van der Waals surface area (Å²) < 4.78 is 35.4. The average Bonchev–Trinajstić information content (AvgIpc) is 3.46. The molecule has 0 bridgehead atoms. The Kier molecular flexibility index (Phi) is 5.95. The molecular formula is C21H29N5O3S. The van der Waals surface area contributed by atoms with E-state index in [1.54, 1.807) is 21.9 Å². The molecule has 2 fully saturated rings. The van der Waals surface area contributed by atoms with E-state index in [-0.39, 0.29) is 6.04 Å². The molecule has 1 aromatic heterocycles. The van der Waals surface area contributed by atoms with Gasteiger partial charge in [0.2, 0.25) is 5.95 Å². The second-order valence-corrected chi connectivity index (χ2v) is 9.86. The molecule has 2 aromatic rings. The molecule has 2 aliphatic heterocycles. The van der Waals surface area contributed by atoms with Crippen LogP contribution in [0.4, 0.5) is 5.95 Å². The molecule has 1 aromatic carbocycles. The zero-order chi connectivity index (χ0) is 21.3. The van der Waals surface area contributed by atoms with Crippen molar-refractivity contribution in [3.63, 3.8) is 0 Å². The predicted molar refractivity (Wildman–Crippen MR) is 117 cm³/mol. The zero-order valence-corrected chi connectivity index (χ0v) is 18.6. The molecule has 162 valence electrons. The van der Waals surface area contributed by atoms with E-state index in [0.717, 1.165) is 48.3 Å². The maximum absolute atomic E-state index is 13.4. The summed E-state index contributed by atoms with van der Waals surface area (Å²) in [6.07, 6.45) is 5.20. The van der Waals surface area contributed by atoms with Crippen molar-refractivity contribution < 1.29 is 13.2 Å². The molecule has 2 saturated heterocycles. The summed E-state index contributed by atoms with van der Waals surface area (Å²) in [6, 6.07) is 7.42. The standard InChI is InChI=1S/C21H29N5O3S/c1-24(2)21-22-15-18(16-8-6-9-17(14-16)29-3)20(23-21)19-10-7-13-26(19)30(27,28)25-11-4-5-12-25/h6,8-9,14-15,19H,4-5,7,10-13H2,1-3H3/t19-/m1/s1. The Morgan fingerprint density at radius 3 is 2.60 bits per heavy atom. The summed E-state index contributed by atoms with van der Waals surface area (Å²) in [6.45, 7) is 1.71. The van der Waals surface area contributed by atoms with E-state index in [9.17, 15) is 8.42 Å². The third-order valence-electron chi connectivity index (χ3n) is 5.79. The molecule has 0 aliphatic carbocycles. The number of benzene rings is 1. The van der Waals surface area contributed by atoms with Crippen molar-refractivity contribution >= 4 is 16.2 Å². The lowest BCUT2D eigenvalue weighted by molar-refractivity contribution is 0.345. The monoisotopic (exact) mass is 431 g/mol. The maximum atomic E-state index is 13.4. The molecule has 0 N–H and O–H groups in total. The van der Waals surface area contributed by atoms with E-state index in [0.29, 0.717) is 25.6 Å². The van der Waals surface area contributed by atoms with Crippen LogP contribution in [-0.4, -0.2) is 67.8 Å². The number of hydrogen-bond acceptors (Lipinski definition) is 6. The molecular weight excluding hydrogens is 402 g/mol. The topological polar surface area (TPSA) is 78.9 Å². The Balaban J connectivity index is 1.80. The first-order chi connectivity index (χ1) is 14.4. The summed E-state index contributed by atoms with van der Waals surface area (Å²) in [5, 5.41) is 0. The van der Waals surface area contributed by atoms with Gasteiger partial charge in [-0.2, -0.15) is 17.0 Å². The fourth-order valence-corrected chi connectivity index (χ4v) is 6.13. The highest BCUT2D eigenvalue weighted by Crippen LogP contribution is 2.40. The fourth-order valence-electron chi connectivity index (χ4n) is 4.22. The van der Waals surface area contributed by atoms with E-state index in [1.807, 2.05) is 43.3 Å². The highest BCUT2D eigenvalue weighted by Gasteiger charge is 2.41. The highest BCUT2D eigenvalue weighted by molar-refractivity contribution is 7.86. The summed E-state index contributed by atoms with van der Waals surface area (Å²) in [7, 11) is 1.89. The first kappa shape index (κ1) is 21.0. The van der Waals surface area contributed by atoms with Crippen molar-refractivity contribution in [3.8, 4) is 16.9 Å². The van der Waals surface area contributed by atoms with Crippen LogP contribution in [0, 0.1) is 0 Å². The SMILES string of the molecule is COc1cccc(-c2cnc(N(C)C)nc2[C@H]2CCCN2S(=O)(=O)N2CCCC2)c1. The number of anilines is 1. The van der Waals surface area contributed by atoms with E-state index in [4.69, 9.17) is 9.72 Å². The highest BCUT2D eigenvalue weighted by atomic mass is 32.2. The van der Waals surface area contributed by atoms with E-state index in [2.05, 4.69) is 4.98 Å². The minimum Gasteiger partial charge on any atom is -0.497 e. The third kappa shape index (κ3) is 3.89. The summed E-state index contributed by atoms with van der Waals surface area (Å²) in [5.41, 5.74) is 2.51. The lowest BCUT2D eigenvalue weighted by atomic mass is 10.00. The predicted octanol–water partition coefficient (Wildman–Crippen LogP) is 2.70. The first-order valence-corrected chi connectivity index (χ1v) is 11.8. The van der Waals surface area contributed by atoms with Gasteiger partial charge in [0.25, 0.3) is 10.2 Å². The van der Waals surface area contributed by atoms with Crippen LogP contribution in [-0.2, 0) is 10.2 Å². The molecule has 0 radical (unpaired) electrons. The quantitative estimate of drug-likeness (QED) is 0.700. The van der Waals surface area contributed by atoms with Gasteiger partial charge in [0, 0.05) is 45.5 Å². The number of ether oxygens (including phenoxy) is 1. The van der Waals surface area contributed by atoms with Crippen LogP contribution in [0.25, 0.3) is 11.1 Å². The van der Waals surface area contributed by atoms with Gasteiger partial charge in [-0.1, -0.05) is 12.1 Å². The molecule has 3 heterocycles. The molecule has 0 saturated carbocycles. The van der Waals surface area contributed by atoms with Crippen molar-refractivity contribution in [2.45, 2.75) is 31.7 Å². The van der Waals surface area contributed by atoms with Gasteiger partial charge in [-0.05, 0) is 43.4 Å². The van der Waals surface area contributed by atoms with Gasteiger partial charge < -0.3 is 9.64 Å². The Morgan fingerprint density at radius 1 is 1.13 bits per heavy atom. The van der Waals surface area contributed by atoms with Crippen molar-refractivity contribution in [2.75, 3.05) is 45.7 Å². The second kappa shape index (κ2) is 8.49. The molecule has 2 aliphatic rings. The second-order valence-electron chi connectivity index (χ2n) is 7.98. The van der Waals surface area contributed by atoms with Crippen molar-refractivity contribution in [3.05, 3.63) is 36.2 Å². The number of nitrogens with zero attached hydrogens (tertiary/aromatic N) is 5. The third-order valence-corrected chi connectivity index (χ3v) is 7.84. The Bertz CT molecular complexity index is 1010. The van der Waals surface area contributed by atoms with Gasteiger partial charge >= 0.3 is 0 Å². The minimum atomic E-state index is -3.51. The van der Waals surface area contributed by atoms with Gasteiger partial charge in [-0.15, -0.1) is 0 Å². The van der Waals surface area contributed by atoms with Gasteiger partial charge in [-0.3, -0.25) is 0 Å². The van der Waals surface area contributed by atoms with Crippen LogP contribution in [0.3, 0.4) is 0 Å². The normalized spacial score (nSPS) is 20.6. The van der Waals surface area contributed by atoms with Crippen LogP contribution in [0.5, 0.6) is 5.75 Å². The van der Waals surface area contributed by atoms with Crippen molar-refractivity contribution in [1.82, 2.24) is 18.6 Å². The summed E-state index contributed by atoms with van der Waals surface area (Å²) in [5.74, 6) is 1.31. The summed E-state index contributed by atoms with van der Waals surface area (Å²) in [4.78, 5) is 11.2. The smallest absolute Gasteiger partial charge is 0.282 e. The van der Waals surface area contributed by atoms with Gasteiger partial charge in [0.05, 0.1) is 18.8 Å². The Labute approximate surface area is 178 Å². The molecule has 0 spiro atoms. The first-order valence-electron chi connectivity index (χ1n) is 10.4. The number of hydrogen-bond donors (Lipinski definition) is 0. The van der Waals surface area contributed by atoms with Crippen molar-refractivity contribution in [1.29, 1.82) is 0 Å². The Hall–Kier alpha value is -2.23. The molecule has 1 atom stereocenters.